The molecule has 0 aliphatic rings. The van der Waals surface area contributed by atoms with Gasteiger partial charge in [0.2, 0.25) is 0 Å². The van der Waals surface area contributed by atoms with Crippen LogP contribution in [0.25, 0.3) is 0 Å². The van der Waals surface area contributed by atoms with Gasteiger partial charge in [-0.25, -0.2) is 0 Å². The summed E-state index contributed by atoms with van der Waals surface area (Å²) in [6.45, 7) is -0.0118. The predicted octanol–water partition coefficient (Wildman–Crippen LogP) is 0.219. The van der Waals surface area contributed by atoms with Crippen molar-refractivity contribution in [1.29, 1.82) is 0 Å². The van der Waals surface area contributed by atoms with Gasteiger partial charge in [0, 0.05) is 12.6 Å². The van der Waals surface area contributed by atoms with E-state index in [2.05, 4.69) is 5.16 Å². The standard InChI is InChI=1S/C11H15N3O4/c1-14(6-10(12)13-17)11(16)7-3-4-9(18-2)8(15)5-7/h3-5,15,17H,6H2,1-2H3,(H2,12,13). The van der Waals surface area contributed by atoms with Gasteiger partial charge < -0.3 is 25.7 Å². The zero-order valence-electron chi connectivity index (χ0n) is 10.1. The highest BCUT2D eigenvalue weighted by Crippen LogP contribution is 2.26. The van der Waals surface area contributed by atoms with Crippen molar-refractivity contribution in [3.63, 3.8) is 0 Å². The molecule has 0 saturated heterocycles. The first-order valence-corrected chi connectivity index (χ1v) is 5.08. The highest BCUT2D eigenvalue weighted by Gasteiger charge is 2.14. The van der Waals surface area contributed by atoms with E-state index < -0.39 is 0 Å². The first kappa shape index (κ1) is 13.6. The second kappa shape index (κ2) is 5.76. The number of carbonyl (C=O) groups is 1. The Kier molecular flexibility index (Phi) is 4.36. The molecule has 7 heteroatoms. The van der Waals surface area contributed by atoms with Crippen molar-refractivity contribution >= 4 is 11.7 Å². The second-order valence-electron chi connectivity index (χ2n) is 3.64. The van der Waals surface area contributed by atoms with Gasteiger partial charge in [-0.3, -0.25) is 4.79 Å². The maximum absolute atomic E-state index is 11.9. The van der Waals surface area contributed by atoms with Gasteiger partial charge in [0.1, 0.15) is 0 Å². The summed E-state index contributed by atoms with van der Waals surface area (Å²) < 4.78 is 4.88. The molecule has 4 N–H and O–H groups in total. The molecule has 7 nitrogen and oxygen atoms in total. The number of benzene rings is 1. The average Bonchev–Trinajstić information content (AvgIpc) is 2.37. The molecule has 1 aromatic carbocycles. The van der Waals surface area contributed by atoms with Crippen LogP contribution in [0.5, 0.6) is 11.5 Å². The van der Waals surface area contributed by atoms with Crippen LogP contribution in [0.1, 0.15) is 10.4 Å². The smallest absolute Gasteiger partial charge is 0.254 e. The molecule has 0 aliphatic carbocycles. The Hall–Kier alpha value is -2.44. The summed E-state index contributed by atoms with van der Waals surface area (Å²) in [6.07, 6.45) is 0. The number of hydrogen-bond acceptors (Lipinski definition) is 5. The molecule has 1 aromatic rings. The number of oxime groups is 1. The van der Waals surface area contributed by atoms with Crippen LogP contribution in [-0.2, 0) is 0 Å². The van der Waals surface area contributed by atoms with Gasteiger partial charge >= 0.3 is 0 Å². The number of ether oxygens (including phenoxy) is 1. The Balaban J connectivity index is 2.87. The van der Waals surface area contributed by atoms with Crippen molar-refractivity contribution in [2.45, 2.75) is 0 Å². The third kappa shape index (κ3) is 3.03. The molecule has 0 heterocycles. The third-order valence-corrected chi connectivity index (χ3v) is 2.30. The number of hydrogen-bond donors (Lipinski definition) is 3. The van der Waals surface area contributed by atoms with E-state index >= 15 is 0 Å². The van der Waals surface area contributed by atoms with E-state index in [1.165, 1.54) is 37.3 Å². The van der Waals surface area contributed by atoms with Gasteiger partial charge in [0.25, 0.3) is 5.91 Å². The van der Waals surface area contributed by atoms with Gasteiger partial charge in [0.05, 0.1) is 13.7 Å². The molecule has 0 radical (unpaired) electrons. The van der Waals surface area contributed by atoms with Crippen molar-refractivity contribution in [2.75, 3.05) is 20.7 Å². The van der Waals surface area contributed by atoms with E-state index in [-0.39, 0.29) is 35.4 Å². The van der Waals surface area contributed by atoms with Crippen LogP contribution in [-0.4, -0.2) is 47.7 Å². The summed E-state index contributed by atoms with van der Waals surface area (Å²) in [5.41, 5.74) is 5.58. The van der Waals surface area contributed by atoms with Crippen LogP contribution in [0.15, 0.2) is 23.4 Å². The molecule has 0 atom stereocenters. The van der Waals surface area contributed by atoms with Crippen LogP contribution in [0.4, 0.5) is 0 Å². The van der Waals surface area contributed by atoms with Crippen LogP contribution in [0.2, 0.25) is 0 Å². The molecule has 98 valence electrons. The monoisotopic (exact) mass is 253 g/mol. The lowest BCUT2D eigenvalue weighted by Gasteiger charge is -2.16. The van der Waals surface area contributed by atoms with Crippen LogP contribution in [0, 0.1) is 0 Å². The largest absolute Gasteiger partial charge is 0.504 e. The number of amides is 1. The van der Waals surface area contributed by atoms with Crippen molar-refractivity contribution < 1.29 is 19.8 Å². The van der Waals surface area contributed by atoms with E-state index in [0.717, 1.165) is 0 Å². The molecular formula is C11H15N3O4. The number of nitrogens with two attached hydrogens (primary N) is 1. The number of phenolic OH excluding ortho intramolecular Hbond substituents is 1. The van der Waals surface area contributed by atoms with E-state index in [4.69, 9.17) is 15.7 Å². The van der Waals surface area contributed by atoms with Gasteiger partial charge in [-0.15, -0.1) is 0 Å². The van der Waals surface area contributed by atoms with Crippen LogP contribution in [0.3, 0.4) is 0 Å². The lowest BCUT2D eigenvalue weighted by Crippen LogP contribution is -2.35. The first-order valence-electron chi connectivity index (χ1n) is 5.08. The minimum atomic E-state index is -0.362. The molecule has 0 saturated carbocycles. The zero-order valence-corrected chi connectivity index (χ0v) is 10.1. The highest BCUT2D eigenvalue weighted by atomic mass is 16.5. The third-order valence-electron chi connectivity index (χ3n) is 2.30. The van der Waals surface area contributed by atoms with Crippen molar-refractivity contribution in [3.8, 4) is 11.5 Å². The lowest BCUT2D eigenvalue weighted by molar-refractivity contribution is 0.0813. The summed E-state index contributed by atoms with van der Waals surface area (Å²) >= 11 is 0. The number of carbonyl (C=O) groups excluding carboxylic acids is 1. The van der Waals surface area contributed by atoms with Crippen molar-refractivity contribution in [1.82, 2.24) is 4.90 Å². The molecule has 0 spiro atoms. The topological polar surface area (TPSA) is 108 Å². The van der Waals surface area contributed by atoms with Gasteiger partial charge in [-0.1, -0.05) is 5.16 Å². The number of methoxy groups -OCH3 is 1. The molecule has 1 rings (SSSR count). The normalized spacial score (nSPS) is 11.1. The first-order chi connectivity index (χ1) is 8.49. The van der Waals surface area contributed by atoms with Gasteiger partial charge in [0.15, 0.2) is 17.3 Å². The number of rotatable bonds is 4. The van der Waals surface area contributed by atoms with Gasteiger partial charge in [-0.2, -0.15) is 0 Å². The fourth-order valence-electron chi connectivity index (χ4n) is 1.39. The number of amidine groups is 1. The highest BCUT2D eigenvalue weighted by molar-refractivity contribution is 5.97. The molecule has 0 bridgehead atoms. The van der Waals surface area contributed by atoms with E-state index in [1.54, 1.807) is 0 Å². The summed E-state index contributed by atoms with van der Waals surface area (Å²) in [5.74, 6) is -0.283. The summed E-state index contributed by atoms with van der Waals surface area (Å²) in [6, 6.07) is 4.30. The number of phenols is 1. The molecule has 1 amide bonds. The molecule has 0 aromatic heterocycles. The van der Waals surface area contributed by atoms with E-state index in [0.29, 0.717) is 0 Å². The number of likely N-dealkylation sites (N-methyl/N-ethyl adjacent to an activating group) is 1. The van der Waals surface area contributed by atoms with E-state index in [9.17, 15) is 9.90 Å². The molecule has 0 aliphatic heterocycles. The number of aromatic hydroxyl groups is 1. The molecule has 18 heavy (non-hydrogen) atoms. The molecule has 0 fully saturated rings. The fourth-order valence-corrected chi connectivity index (χ4v) is 1.39. The Labute approximate surface area is 104 Å². The molecular weight excluding hydrogens is 238 g/mol. The SMILES string of the molecule is COc1ccc(C(=O)N(C)CC(N)=NO)cc1O. The number of nitrogens with zero attached hydrogens (tertiary/aromatic N) is 2. The summed E-state index contributed by atoms with van der Waals surface area (Å²) in [4.78, 5) is 13.2. The Morgan fingerprint density at radius 3 is 2.72 bits per heavy atom. The predicted molar refractivity (Wildman–Crippen MR) is 65.0 cm³/mol. The van der Waals surface area contributed by atoms with Crippen molar-refractivity contribution in [2.24, 2.45) is 10.9 Å². The minimum absolute atomic E-state index is 0.0118. The van der Waals surface area contributed by atoms with Crippen LogP contribution < -0.4 is 10.5 Å². The second-order valence-corrected chi connectivity index (χ2v) is 3.64. The quantitative estimate of drug-likeness (QED) is 0.308. The average molecular weight is 253 g/mol. The van der Waals surface area contributed by atoms with E-state index in [1.807, 2.05) is 0 Å². The van der Waals surface area contributed by atoms with Crippen molar-refractivity contribution in [3.05, 3.63) is 23.8 Å². The molecule has 0 unspecified atom stereocenters. The maximum Gasteiger partial charge on any atom is 0.254 e. The lowest BCUT2D eigenvalue weighted by atomic mass is 10.2. The fraction of sp³-hybridized carbons (Fsp3) is 0.273. The Bertz CT molecular complexity index is 473. The van der Waals surface area contributed by atoms with Gasteiger partial charge in [-0.05, 0) is 18.2 Å². The van der Waals surface area contributed by atoms with Crippen LogP contribution >= 0.6 is 0 Å². The summed E-state index contributed by atoms with van der Waals surface area (Å²) in [5, 5.41) is 20.8. The summed E-state index contributed by atoms with van der Waals surface area (Å²) in [7, 11) is 2.92. The minimum Gasteiger partial charge on any atom is -0.504 e. The maximum atomic E-state index is 11.9. The Morgan fingerprint density at radius 1 is 1.56 bits per heavy atom. The zero-order chi connectivity index (χ0) is 13.7. The Morgan fingerprint density at radius 2 is 2.22 bits per heavy atom.